The molecule has 0 bridgehead atoms. The summed E-state index contributed by atoms with van der Waals surface area (Å²) in [7, 11) is 0. The summed E-state index contributed by atoms with van der Waals surface area (Å²) in [5, 5.41) is 0. The molecule has 0 unspecified atom stereocenters. The van der Waals surface area contributed by atoms with E-state index < -0.39 is 0 Å². The van der Waals surface area contributed by atoms with Crippen LogP contribution in [-0.2, 0) is 6.42 Å². The topological polar surface area (TPSA) is 33.4 Å². The summed E-state index contributed by atoms with van der Waals surface area (Å²) in [6, 6.07) is 4.05. The minimum atomic E-state index is 1.01. The van der Waals surface area contributed by atoms with Crippen molar-refractivity contribution >= 4 is 11.9 Å². The van der Waals surface area contributed by atoms with E-state index in [-0.39, 0.29) is 0 Å². The molecular formula is C8H13ClO2. The van der Waals surface area contributed by atoms with Crippen LogP contribution in [0.4, 0.5) is 0 Å². The maximum atomic E-state index is 6.47. The first-order chi connectivity index (χ1) is 5.33. The van der Waals surface area contributed by atoms with Gasteiger partial charge in [-0.05, 0) is 25.5 Å². The normalized spacial score (nSPS) is 8.73. The van der Waals surface area contributed by atoms with Crippen molar-refractivity contribution in [2.75, 3.05) is 0 Å². The highest BCUT2D eigenvalue weighted by Gasteiger charge is 1.93. The number of halogens is 1. The molecule has 11 heavy (non-hydrogen) atoms. The zero-order valence-corrected chi connectivity index (χ0v) is 7.56. The molecule has 0 aliphatic carbocycles. The zero-order chi connectivity index (χ0) is 8.69. The first-order valence-electron chi connectivity index (χ1n) is 3.55. The van der Waals surface area contributed by atoms with Crippen LogP contribution in [0.2, 0.25) is 0 Å². The van der Waals surface area contributed by atoms with E-state index in [2.05, 4.69) is 18.8 Å². The van der Waals surface area contributed by atoms with Gasteiger partial charge in [0.15, 0.2) is 0 Å². The van der Waals surface area contributed by atoms with Gasteiger partial charge >= 0.3 is 0 Å². The van der Waals surface area contributed by atoms with Crippen molar-refractivity contribution in [3.8, 4) is 0 Å². The Bertz CT molecular complexity index is 184. The third-order valence-corrected chi connectivity index (χ3v) is 1.29. The van der Waals surface area contributed by atoms with Crippen molar-refractivity contribution in [3.05, 3.63) is 23.7 Å². The Labute approximate surface area is 72.0 Å². The minimum Gasteiger partial charge on any atom is -0.466 e. The van der Waals surface area contributed by atoms with Crippen molar-refractivity contribution in [2.24, 2.45) is 0 Å². The zero-order valence-electron chi connectivity index (χ0n) is 6.80. The second-order valence-corrected chi connectivity index (χ2v) is 2.26. The van der Waals surface area contributed by atoms with Crippen LogP contribution in [0.5, 0.6) is 0 Å². The second kappa shape index (κ2) is 6.25. The van der Waals surface area contributed by atoms with E-state index in [4.69, 9.17) is 9.08 Å². The number of hydrogen-bond donors (Lipinski definition) is 1. The molecule has 0 atom stereocenters. The average Bonchev–Trinajstić information content (AvgIpc) is 2.41. The van der Waals surface area contributed by atoms with Crippen LogP contribution in [0.15, 0.2) is 16.5 Å². The number of hydrogen-bond acceptors (Lipinski definition) is 2. The predicted octanol–water partition coefficient (Wildman–Crippen LogP) is 2.67. The Balaban J connectivity index is 0.000000461. The number of aryl methyl sites for hydroxylation is 2. The van der Waals surface area contributed by atoms with Gasteiger partial charge in [0.05, 0.1) is 11.9 Å². The number of rotatable bonds is 2. The van der Waals surface area contributed by atoms with Gasteiger partial charge in [-0.25, -0.2) is 0 Å². The monoisotopic (exact) mass is 176 g/mol. The molecule has 1 aromatic rings. The fourth-order valence-corrected chi connectivity index (χ4v) is 0.866. The second-order valence-electron chi connectivity index (χ2n) is 2.26. The van der Waals surface area contributed by atoms with E-state index in [1.165, 1.54) is 0 Å². The van der Waals surface area contributed by atoms with Gasteiger partial charge in [0.2, 0.25) is 0 Å². The SMILES string of the molecule is CCCc1ccc(C)o1.OCl. The lowest BCUT2D eigenvalue weighted by Gasteiger charge is -1.87. The van der Waals surface area contributed by atoms with Gasteiger partial charge in [-0.2, -0.15) is 0 Å². The highest BCUT2D eigenvalue weighted by molar-refractivity contribution is 6.04. The summed E-state index contributed by atoms with van der Waals surface area (Å²) in [5.41, 5.74) is 0. The van der Waals surface area contributed by atoms with Crippen LogP contribution in [0.1, 0.15) is 24.9 Å². The van der Waals surface area contributed by atoms with Crippen LogP contribution in [0, 0.1) is 6.92 Å². The molecule has 0 fully saturated rings. The van der Waals surface area contributed by atoms with Gasteiger partial charge in [-0.3, -0.25) is 4.66 Å². The van der Waals surface area contributed by atoms with E-state index >= 15 is 0 Å². The molecule has 1 N–H and O–H groups in total. The molecule has 0 amide bonds. The van der Waals surface area contributed by atoms with Crippen molar-refractivity contribution in [3.63, 3.8) is 0 Å². The van der Waals surface area contributed by atoms with Crippen molar-refractivity contribution in [2.45, 2.75) is 26.7 Å². The first-order valence-corrected chi connectivity index (χ1v) is 3.89. The Morgan fingerprint density at radius 1 is 1.45 bits per heavy atom. The lowest BCUT2D eigenvalue weighted by atomic mass is 10.3. The van der Waals surface area contributed by atoms with Crippen molar-refractivity contribution < 1.29 is 9.08 Å². The summed E-state index contributed by atoms with van der Waals surface area (Å²) >= 11 is 3.64. The highest BCUT2D eigenvalue weighted by atomic mass is 35.5. The summed E-state index contributed by atoms with van der Waals surface area (Å²) in [5.74, 6) is 2.12. The van der Waals surface area contributed by atoms with E-state index in [0.717, 1.165) is 24.4 Å². The Hall–Kier alpha value is -0.470. The third-order valence-electron chi connectivity index (χ3n) is 1.29. The Kier molecular flexibility index (Phi) is 5.99. The van der Waals surface area contributed by atoms with Crippen LogP contribution >= 0.6 is 11.9 Å². The van der Waals surface area contributed by atoms with Crippen LogP contribution < -0.4 is 0 Å². The van der Waals surface area contributed by atoms with Gasteiger partial charge in [-0.15, -0.1) is 0 Å². The van der Waals surface area contributed by atoms with Crippen LogP contribution in [-0.4, -0.2) is 4.66 Å². The molecule has 0 aliphatic rings. The smallest absolute Gasteiger partial charge is 0.104 e. The van der Waals surface area contributed by atoms with E-state index in [1.807, 2.05) is 19.1 Å². The molecule has 2 nitrogen and oxygen atoms in total. The molecule has 64 valence electrons. The fraction of sp³-hybridized carbons (Fsp3) is 0.500. The van der Waals surface area contributed by atoms with Gasteiger partial charge < -0.3 is 4.42 Å². The molecule has 0 aromatic carbocycles. The average molecular weight is 177 g/mol. The van der Waals surface area contributed by atoms with Crippen LogP contribution in [0.25, 0.3) is 0 Å². The van der Waals surface area contributed by atoms with Gasteiger partial charge in [-0.1, -0.05) is 6.92 Å². The standard InChI is InChI=1S/C8H12O.ClHO/c1-3-4-8-6-5-7(2)9-8;1-2/h5-6H,3-4H2,1-2H3;2H. The first kappa shape index (κ1) is 10.5. The maximum absolute atomic E-state index is 6.47. The van der Waals surface area contributed by atoms with E-state index in [0.29, 0.717) is 0 Å². The Morgan fingerprint density at radius 3 is 2.45 bits per heavy atom. The molecule has 0 saturated heterocycles. The van der Waals surface area contributed by atoms with E-state index in [9.17, 15) is 0 Å². The summed E-state index contributed by atoms with van der Waals surface area (Å²) in [6.07, 6.45) is 2.22. The summed E-state index contributed by atoms with van der Waals surface area (Å²) in [4.78, 5) is 0. The third kappa shape index (κ3) is 4.06. The molecular weight excluding hydrogens is 164 g/mol. The predicted molar refractivity (Wildman–Crippen MR) is 45.5 cm³/mol. The van der Waals surface area contributed by atoms with Crippen LogP contribution in [0.3, 0.4) is 0 Å². The maximum Gasteiger partial charge on any atom is 0.104 e. The summed E-state index contributed by atoms with van der Waals surface area (Å²) < 4.78 is 11.8. The molecule has 1 rings (SSSR count). The molecule has 0 aliphatic heterocycles. The molecule has 0 spiro atoms. The largest absolute Gasteiger partial charge is 0.466 e. The molecule has 1 heterocycles. The van der Waals surface area contributed by atoms with Crippen molar-refractivity contribution in [1.29, 1.82) is 0 Å². The fourth-order valence-electron chi connectivity index (χ4n) is 0.866. The summed E-state index contributed by atoms with van der Waals surface area (Å²) in [6.45, 7) is 4.12. The quantitative estimate of drug-likeness (QED) is 0.752. The molecule has 3 heteroatoms. The van der Waals surface area contributed by atoms with E-state index in [1.54, 1.807) is 0 Å². The Morgan fingerprint density at radius 2 is 2.09 bits per heavy atom. The lowest BCUT2D eigenvalue weighted by molar-refractivity contribution is 0.480. The molecule has 0 radical (unpaired) electrons. The highest BCUT2D eigenvalue weighted by Crippen LogP contribution is 2.07. The van der Waals surface area contributed by atoms with Gasteiger partial charge in [0.1, 0.15) is 11.5 Å². The van der Waals surface area contributed by atoms with Gasteiger partial charge in [0.25, 0.3) is 0 Å². The van der Waals surface area contributed by atoms with Crippen molar-refractivity contribution in [1.82, 2.24) is 0 Å². The minimum absolute atomic E-state index is 1.01. The molecule has 0 saturated carbocycles. The number of furan rings is 1. The lowest BCUT2D eigenvalue weighted by Crippen LogP contribution is -1.74. The molecule has 1 aromatic heterocycles. The van der Waals surface area contributed by atoms with Gasteiger partial charge in [0, 0.05) is 6.42 Å².